The number of carbonyl (C=O) groups excluding carboxylic acids is 1. The van der Waals surface area contributed by atoms with Crippen molar-refractivity contribution in [2.45, 2.75) is 27.7 Å². The Kier molecular flexibility index (Phi) is 5.09. The number of hydrogen-bond donors (Lipinski definition) is 1. The van der Waals surface area contributed by atoms with Crippen LogP contribution in [0.15, 0.2) is 30.5 Å². The Hall–Kier alpha value is -2.43. The Balaban J connectivity index is 2.21. The summed E-state index contributed by atoms with van der Waals surface area (Å²) in [6.07, 6.45) is 1.62. The quantitative estimate of drug-likeness (QED) is 0.921. The zero-order valence-electron chi connectivity index (χ0n) is 13.6. The summed E-state index contributed by atoms with van der Waals surface area (Å²) in [7, 11) is 0. The molecule has 1 N–H and O–H groups in total. The van der Waals surface area contributed by atoms with Gasteiger partial charge in [0.25, 0.3) is 5.91 Å². The first-order chi connectivity index (χ1) is 10.5. The molecular formula is C17H22N4O. The van der Waals surface area contributed by atoms with E-state index in [-0.39, 0.29) is 5.91 Å². The highest BCUT2D eigenvalue weighted by molar-refractivity contribution is 6.03. The smallest absolute Gasteiger partial charge is 0.274 e. The second kappa shape index (κ2) is 7.02. The molecule has 0 bridgehead atoms. The first-order valence-corrected chi connectivity index (χ1v) is 7.51. The van der Waals surface area contributed by atoms with Crippen molar-refractivity contribution in [3.63, 3.8) is 0 Å². The van der Waals surface area contributed by atoms with Gasteiger partial charge in [-0.1, -0.05) is 17.7 Å². The Labute approximate surface area is 131 Å². The largest absolute Gasteiger partial charge is 0.341 e. The number of aromatic nitrogens is 2. The number of carbonyl (C=O) groups is 1. The van der Waals surface area contributed by atoms with E-state index in [0.29, 0.717) is 11.6 Å². The molecule has 1 aromatic heterocycles. The number of hydrogen-bond acceptors (Lipinski definition) is 4. The van der Waals surface area contributed by atoms with Crippen LogP contribution in [-0.4, -0.2) is 29.0 Å². The second-order valence-corrected chi connectivity index (χ2v) is 5.19. The van der Waals surface area contributed by atoms with Crippen molar-refractivity contribution in [3.8, 4) is 0 Å². The van der Waals surface area contributed by atoms with Crippen molar-refractivity contribution in [1.29, 1.82) is 0 Å². The normalized spacial score (nSPS) is 10.4. The number of nitrogens with one attached hydrogen (secondary N) is 1. The fourth-order valence-electron chi connectivity index (χ4n) is 2.27. The predicted octanol–water partition coefficient (Wildman–Crippen LogP) is 3.19. The molecule has 0 unspecified atom stereocenters. The van der Waals surface area contributed by atoms with Crippen molar-refractivity contribution < 1.29 is 4.79 Å². The molecule has 2 rings (SSSR count). The number of anilines is 2. The van der Waals surface area contributed by atoms with E-state index < -0.39 is 0 Å². The Morgan fingerprint density at radius 3 is 2.55 bits per heavy atom. The van der Waals surface area contributed by atoms with E-state index in [1.54, 1.807) is 12.3 Å². The number of aryl methyl sites for hydroxylation is 2. The minimum atomic E-state index is -0.220. The zero-order chi connectivity index (χ0) is 16.1. The standard InChI is InChI=1S/C17H22N4O/c1-5-21(6-2)17-18-10-9-15(20-17)16(22)19-14-8-7-12(3)11-13(14)4/h7-11H,5-6H2,1-4H3,(H,19,22). The SMILES string of the molecule is CCN(CC)c1nccc(C(=O)Nc2ccc(C)cc2C)n1. The highest BCUT2D eigenvalue weighted by Gasteiger charge is 2.12. The fraction of sp³-hybridized carbons (Fsp3) is 0.353. The molecule has 0 radical (unpaired) electrons. The summed E-state index contributed by atoms with van der Waals surface area (Å²) in [5.74, 6) is 0.362. The van der Waals surface area contributed by atoms with Gasteiger partial charge in [-0.2, -0.15) is 0 Å². The number of benzene rings is 1. The van der Waals surface area contributed by atoms with Crippen molar-refractivity contribution in [2.75, 3.05) is 23.3 Å². The molecule has 5 heteroatoms. The molecule has 0 aliphatic carbocycles. The van der Waals surface area contributed by atoms with Gasteiger partial charge in [-0.25, -0.2) is 9.97 Å². The highest BCUT2D eigenvalue weighted by atomic mass is 16.1. The maximum atomic E-state index is 12.4. The van der Waals surface area contributed by atoms with Crippen LogP contribution in [-0.2, 0) is 0 Å². The highest BCUT2D eigenvalue weighted by Crippen LogP contribution is 2.17. The van der Waals surface area contributed by atoms with Crippen molar-refractivity contribution in [1.82, 2.24) is 9.97 Å². The molecule has 116 valence electrons. The van der Waals surface area contributed by atoms with Crippen LogP contribution in [0, 0.1) is 13.8 Å². The molecule has 0 fully saturated rings. The third-order valence-electron chi connectivity index (χ3n) is 3.55. The summed E-state index contributed by atoms with van der Waals surface area (Å²) in [5.41, 5.74) is 3.38. The lowest BCUT2D eigenvalue weighted by atomic mass is 10.1. The molecular weight excluding hydrogens is 276 g/mol. The Morgan fingerprint density at radius 1 is 1.18 bits per heavy atom. The van der Waals surface area contributed by atoms with Crippen LogP contribution in [0.1, 0.15) is 35.5 Å². The minimum Gasteiger partial charge on any atom is -0.341 e. The van der Waals surface area contributed by atoms with Crippen LogP contribution in [0.4, 0.5) is 11.6 Å². The number of amides is 1. The van der Waals surface area contributed by atoms with Crippen LogP contribution in [0.2, 0.25) is 0 Å². The average molecular weight is 298 g/mol. The molecule has 0 atom stereocenters. The van der Waals surface area contributed by atoms with Crippen LogP contribution in [0.3, 0.4) is 0 Å². The summed E-state index contributed by atoms with van der Waals surface area (Å²) in [4.78, 5) is 23.0. The Bertz CT molecular complexity index is 665. The molecule has 0 spiro atoms. The third kappa shape index (κ3) is 3.61. The molecule has 0 saturated heterocycles. The predicted molar refractivity (Wildman–Crippen MR) is 89.5 cm³/mol. The van der Waals surface area contributed by atoms with Gasteiger partial charge in [0.05, 0.1) is 0 Å². The van der Waals surface area contributed by atoms with Gasteiger partial charge < -0.3 is 10.2 Å². The molecule has 0 saturated carbocycles. The lowest BCUT2D eigenvalue weighted by molar-refractivity contribution is 0.102. The van der Waals surface area contributed by atoms with Gasteiger partial charge in [-0.15, -0.1) is 0 Å². The van der Waals surface area contributed by atoms with Crippen LogP contribution >= 0.6 is 0 Å². The minimum absolute atomic E-state index is 0.220. The van der Waals surface area contributed by atoms with Gasteiger partial charge in [0.1, 0.15) is 5.69 Å². The molecule has 22 heavy (non-hydrogen) atoms. The fourth-order valence-corrected chi connectivity index (χ4v) is 2.27. The van der Waals surface area contributed by atoms with E-state index in [1.165, 1.54) is 5.56 Å². The van der Waals surface area contributed by atoms with Gasteiger partial charge in [0, 0.05) is 25.0 Å². The molecule has 0 aliphatic rings. The summed E-state index contributed by atoms with van der Waals surface area (Å²) < 4.78 is 0. The van der Waals surface area contributed by atoms with Crippen molar-refractivity contribution in [3.05, 3.63) is 47.3 Å². The van der Waals surface area contributed by atoms with E-state index in [2.05, 4.69) is 15.3 Å². The lowest BCUT2D eigenvalue weighted by Gasteiger charge is -2.18. The topological polar surface area (TPSA) is 58.1 Å². The van der Waals surface area contributed by atoms with Gasteiger partial charge in [-0.05, 0) is 45.4 Å². The van der Waals surface area contributed by atoms with Gasteiger partial charge in [0.2, 0.25) is 5.95 Å². The van der Waals surface area contributed by atoms with Gasteiger partial charge in [-0.3, -0.25) is 4.79 Å². The van der Waals surface area contributed by atoms with Crippen molar-refractivity contribution >= 4 is 17.5 Å². The summed E-state index contributed by atoms with van der Waals surface area (Å²) in [6.45, 7) is 9.69. The third-order valence-corrected chi connectivity index (χ3v) is 3.55. The van der Waals surface area contributed by atoms with E-state index in [1.807, 2.05) is 50.8 Å². The zero-order valence-corrected chi connectivity index (χ0v) is 13.6. The Morgan fingerprint density at radius 2 is 1.91 bits per heavy atom. The second-order valence-electron chi connectivity index (χ2n) is 5.19. The molecule has 5 nitrogen and oxygen atoms in total. The lowest BCUT2D eigenvalue weighted by Crippen LogP contribution is -2.25. The molecule has 0 aliphatic heterocycles. The molecule has 2 aromatic rings. The van der Waals surface area contributed by atoms with Crippen LogP contribution in [0.5, 0.6) is 0 Å². The summed E-state index contributed by atoms with van der Waals surface area (Å²) in [5, 5.41) is 2.91. The van der Waals surface area contributed by atoms with Gasteiger partial charge >= 0.3 is 0 Å². The van der Waals surface area contributed by atoms with Crippen LogP contribution in [0.25, 0.3) is 0 Å². The van der Waals surface area contributed by atoms with Gasteiger partial charge in [0.15, 0.2) is 0 Å². The molecule has 1 amide bonds. The number of nitrogens with zero attached hydrogens (tertiary/aromatic N) is 3. The maximum absolute atomic E-state index is 12.4. The van der Waals surface area contributed by atoms with Crippen LogP contribution < -0.4 is 10.2 Å². The average Bonchev–Trinajstić information content (AvgIpc) is 2.51. The first-order valence-electron chi connectivity index (χ1n) is 7.51. The monoisotopic (exact) mass is 298 g/mol. The number of rotatable bonds is 5. The van der Waals surface area contributed by atoms with E-state index in [9.17, 15) is 4.79 Å². The summed E-state index contributed by atoms with van der Waals surface area (Å²) in [6, 6.07) is 7.56. The molecule has 1 aromatic carbocycles. The van der Waals surface area contributed by atoms with Crippen molar-refractivity contribution in [2.24, 2.45) is 0 Å². The van der Waals surface area contributed by atoms with E-state index in [0.717, 1.165) is 24.3 Å². The molecule has 1 heterocycles. The maximum Gasteiger partial charge on any atom is 0.274 e. The first kappa shape index (κ1) is 15.9. The van der Waals surface area contributed by atoms with E-state index in [4.69, 9.17) is 0 Å². The van der Waals surface area contributed by atoms with E-state index >= 15 is 0 Å². The summed E-state index contributed by atoms with van der Waals surface area (Å²) >= 11 is 0.